The van der Waals surface area contributed by atoms with Crippen LogP contribution in [0.5, 0.6) is 0 Å². The second kappa shape index (κ2) is 6.58. The molecule has 86 valence electrons. The van der Waals surface area contributed by atoms with Gasteiger partial charge in [0.05, 0.1) is 0 Å². The van der Waals surface area contributed by atoms with Gasteiger partial charge in [0.1, 0.15) is 5.82 Å². The zero-order valence-electron chi connectivity index (χ0n) is 10.0. The fraction of sp³-hybridized carbons (Fsp3) is 0.727. The predicted molar refractivity (Wildman–Crippen MR) is 63.0 cm³/mol. The quantitative estimate of drug-likeness (QED) is 0.665. The molecule has 4 nitrogen and oxygen atoms in total. The fourth-order valence-electron chi connectivity index (χ4n) is 1.57. The number of imidazole rings is 1. The highest BCUT2D eigenvalue weighted by atomic mass is 15.1. The van der Waals surface area contributed by atoms with E-state index in [4.69, 9.17) is 0 Å². The minimum Gasteiger partial charge on any atom is -0.338 e. The van der Waals surface area contributed by atoms with Crippen LogP contribution in [0.1, 0.15) is 12.2 Å². The summed E-state index contributed by atoms with van der Waals surface area (Å²) in [6.45, 7) is 3.31. The molecule has 4 heteroatoms. The Balaban J connectivity index is 2.16. The van der Waals surface area contributed by atoms with Crippen LogP contribution in [0.4, 0.5) is 0 Å². The first-order chi connectivity index (χ1) is 7.24. The Morgan fingerprint density at radius 3 is 2.87 bits per heavy atom. The second-order valence-corrected chi connectivity index (χ2v) is 3.96. The molecule has 0 aliphatic rings. The molecule has 0 bridgehead atoms. The summed E-state index contributed by atoms with van der Waals surface area (Å²) < 4.78 is 2.08. The van der Waals surface area contributed by atoms with E-state index in [1.165, 1.54) is 6.42 Å². The lowest BCUT2D eigenvalue weighted by molar-refractivity contribution is 0.329. The molecule has 1 rings (SSSR count). The number of hydrogen-bond acceptors (Lipinski definition) is 3. The molecule has 0 atom stereocenters. The Morgan fingerprint density at radius 2 is 2.27 bits per heavy atom. The van der Waals surface area contributed by atoms with Crippen molar-refractivity contribution in [1.82, 2.24) is 19.8 Å². The summed E-state index contributed by atoms with van der Waals surface area (Å²) in [6.07, 6.45) is 6.08. The van der Waals surface area contributed by atoms with Crippen LogP contribution in [0, 0.1) is 0 Å². The van der Waals surface area contributed by atoms with Crippen molar-refractivity contribution in [1.29, 1.82) is 0 Å². The van der Waals surface area contributed by atoms with E-state index >= 15 is 0 Å². The highest BCUT2D eigenvalue weighted by molar-refractivity contribution is 4.91. The molecule has 1 heterocycles. The van der Waals surface area contributed by atoms with E-state index in [9.17, 15) is 0 Å². The average molecular weight is 210 g/mol. The number of aromatic nitrogens is 2. The number of nitrogens with zero attached hydrogens (tertiary/aromatic N) is 3. The van der Waals surface area contributed by atoms with Crippen LogP contribution in [-0.4, -0.2) is 48.2 Å². The van der Waals surface area contributed by atoms with Crippen LogP contribution in [0.2, 0.25) is 0 Å². The summed E-state index contributed by atoms with van der Waals surface area (Å²) in [5.74, 6) is 1.16. The van der Waals surface area contributed by atoms with Crippen molar-refractivity contribution < 1.29 is 0 Å². The summed E-state index contributed by atoms with van der Waals surface area (Å²) in [7, 11) is 6.20. The molecule has 0 saturated carbocycles. The van der Waals surface area contributed by atoms with Gasteiger partial charge >= 0.3 is 0 Å². The molecule has 0 aromatic carbocycles. The van der Waals surface area contributed by atoms with Gasteiger partial charge in [-0.15, -0.1) is 0 Å². The second-order valence-electron chi connectivity index (χ2n) is 3.96. The van der Waals surface area contributed by atoms with Crippen LogP contribution in [0.3, 0.4) is 0 Å². The molecule has 0 amide bonds. The van der Waals surface area contributed by atoms with Crippen molar-refractivity contribution in [2.24, 2.45) is 7.05 Å². The Morgan fingerprint density at radius 1 is 1.47 bits per heavy atom. The molecule has 0 fully saturated rings. The van der Waals surface area contributed by atoms with Gasteiger partial charge in [-0.05, 0) is 33.6 Å². The van der Waals surface area contributed by atoms with E-state index in [0.717, 1.165) is 31.9 Å². The molecule has 0 radical (unpaired) electrons. The summed E-state index contributed by atoms with van der Waals surface area (Å²) in [4.78, 5) is 6.66. The Bertz CT molecular complexity index is 269. The molecule has 0 unspecified atom stereocenters. The van der Waals surface area contributed by atoms with E-state index in [0.29, 0.717) is 0 Å². The van der Waals surface area contributed by atoms with Crippen molar-refractivity contribution >= 4 is 0 Å². The van der Waals surface area contributed by atoms with Crippen LogP contribution in [0.25, 0.3) is 0 Å². The van der Waals surface area contributed by atoms with E-state index in [2.05, 4.69) is 26.8 Å². The molecule has 1 aromatic heterocycles. The number of rotatable bonds is 7. The molecule has 0 aliphatic carbocycles. The monoisotopic (exact) mass is 210 g/mol. The Hall–Kier alpha value is -0.870. The predicted octanol–water partition coefficient (Wildman–Crippen LogP) is 0.504. The molecule has 0 aliphatic heterocycles. The van der Waals surface area contributed by atoms with Crippen molar-refractivity contribution in [2.75, 3.05) is 33.7 Å². The molecule has 15 heavy (non-hydrogen) atoms. The smallest absolute Gasteiger partial charge is 0.109 e. The maximum Gasteiger partial charge on any atom is 0.109 e. The molecule has 1 N–H and O–H groups in total. The van der Waals surface area contributed by atoms with Gasteiger partial charge in [-0.3, -0.25) is 0 Å². The summed E-state index contributed by atoms with van der Waals surface area (Å²) in [6, 6.07) is 0. The highest BCUT2D eigenvalue weighted by Gasteiger charge is 2.02. The van der Waals surface area contributed by atoms with E-state index in [1.54, 1.807) is 0 Å². The van der Waals surface area contributed by atoms with E-state index in [-0.39, 0.29) is 0 Å². The minimum absolute atomic E-state index is 1.03. The first-order valence-corrected chi connectivity index (χ1v) is 5.53. The van der Waals surface area contributed by atoms with Crippen LogP contribution in [-0.2, 0) is 13.5 Å². The summed E-state index contributed by atoms with van der Waals surface area (Å²) in [5.41, 5.74) is 0. The van der Waals surface area contributed by atoms with Gasteiger partial charge in [-0.1, -0.05) is 0 Å². The maximum absolute atomic E-state index is 4.31. The number of likely N-dealkylation sites (N-methyl/N-ethyl adjacent to an activating group) is 1. The SMILES string of the molecule is CNCCCN(C)CCc1nccn1C. The average Bonchev–Trinajstić information content (AvgIpc) is 2.61. The lowest BCUT2D eigenvalue weighted by Crippen LogP contribution is -2.25. The first kappa shape index (κ1) is 12.2. The van der Waals surface area contributed by atoms with Crippen LogP contribution < -0.4 is 5.32 Å². The van der Waals surface area contributed by atoms with E-state index in [1.807, 2.05) is 26.5 Å². The van der Waals surface area contributed by atoms with Gasteiger partial charge in [0.2, 0.25) is 0 Å². The molecule has 0 spiro atoms. The van der Waals surface area contributed by atoms with Gasteiger partial charge in [0, 0.05) is 32.4 Å². The first-order valence-electron chi connectivity index (χ1n) is 5.53. The lowest BCUT2D eigenvalue weighted by Gasteiger charge is -2.15. The number of nitrogens with one attached hydrogen (secondary N) is 1. The maximum atomic E-state index is 4.31. The third-order valence-corrected chi connectivity index (χ3v) is 2.60. The Labute approximate surface area is 92.3 Å². The Kier molecular flexibility index (Phi) is 5.36. The van der Waals surface area contributed by atoms with Crippen molar-refractivity contribution in [3.63, 3.8) is 0 Å². The van der Waals surface area contributed by atoms with Crippen LogP contribution >= 0.6 is 0 Å². The van der Waals surface area contributed by atoms with E-state index < -0.39 is 0 Å². The van der Waals surface area contributed by atoms with Gasteiger partial charge < -0.3 is 14.8 Å². The minimum atomic E-state index is 1.03. The van der Waals surface area contributed by atoms with Crippen LogP contribution in [0.15, 0.2) is 12.4 Å². The normalized spacial score (nSPS) is 11.2. The van der Waals surface area contributed by atoms with Gasteiger partial charge in [0.15, 0.2) is 0 Å². The molecule has 0 saturated heterocycles. The zero-order chi connectivity index (χ0) is 11.1. The van der Waals surface area contributed by atoms with Crippen molar-refractivity contribution in [2.45, 2.75) is 12.8 Å². The fourth-order valence-corrected chi connectivity index (χ4v) is 1.57. The molecular formula is C11H22N4. The lowest BCUT2D eigenvalue weighted by atomic mass is 10.3. The third kappa shape index (κ3) is 4.44. The standard InChI is InChI=1S/C11H22N4/c1-12-6-4-8-14(2)9-5-11-13-7-10-15(11)3/h7,10,12H,4-6,8-9H2,1-3H3. The molecule has 1 aromatic rings. The van der Waals surface area contributed by atoms with Crippen molar-refractivity contribution in [3.8, 4) is 0 Å². The third-order valence-electron chi connectivity index (χ3n) is 2.60. The van der Waals surface area contributed by atoms with Crippen molar-refractivity contribution in [3.05, 3.63) is 18.2 Å². The topological polar surface area (TPSA) is 33.1 Å². The number of aryl methyl sites for hydroxylation is 1. The van der Waals surface area contributed by atoms with Gasteiger partial charge in [-0.2, -0.15) is 0 Å². The summed E-state index contributed by atoms with van der Waals surface area (Å²) >= 11 is 0. The van der Waals surface area contributed by atoms with Gasteiger partial charge in [-0.25, -0.2) is 4.98 Å². The zero-order valence-corrected chi connectivity index (χ0v) is 10.0. The summed E-state index contributed by atoms with van der Waals surface area (Å²) in [5, 5.41) is 3.16. The highest BCUT2D eigenvalue weighted by Crippen LogP contribution is 1.97. The largest absolute Gasteiger partial charge is 0.338 e. The number of hydrogen-bond donors (Lipinski definition) is 1. The molecular weight excluding hydrogens is 188 g/mol. The van der Waals surface area contributed by atoms with Gasteiger partial charge in [0.25, 0.3) is 0 Å².